The average molecular weight is 187 g/mol. The molecule has 12 heavy (non-hydrogen) atoms. The Morgan fingerprint density at radius 2 is 2.08 bits per heavy atom. The molecule has 2 rings (SSSR count). The number of nitrogens with one attached hydrogen (secondary N) is 1. The summed E-state index contributed by atoms with van der Waals surface area (Å²) in [6, 6.07) is 4.71. The van der Waals surface area contributed by atoms with Crippen LogP contribution in [0.4, 0.5) is 10.1 Å². The highest BCUT2D eigenvalue weighted by Gasteiger charge is 2.01. The van der Waals surface area contributed by atoms with E-state index in [-0.39, 0.29) is 18.2 Å². The van der Waals surface area contributed by atoms with Gasteiger partial charge in [0.2, 0.25) is 0 Å². The Morgan fingerprint density at radius 3 is 2.83 bits per heavy atom. The summed E-state index contributed by atoms with van der Waals surface area (Å²) in [5.41, 5.74) is 6.60. The lowest BCUT2D eigenvalue weighted by Gasteiger charge is -1.94. The summed E-state index contributed by atoms with van der Waals surface area (Å²) in [5.74, 6) is -0.277. The van der Waals surface area contributed by atoms with Crippen LogP contribution >= 0.6 is 12.4 Å². The van der Waals surface area contributed by atoms with Crippen LogP contribution in [0.15, 0.2) is 24.4 Å². The summed E-state index contributed by atoms with van der Waals surface area (Å²) >= 11 is 0. The lowest BCUT2D eigenvalue weighted by atomic mass is 10.2. The first-order valence-corrected chi connectivity index (χ1v) is 3.29. The molecule has 0 unspecified atom stereocenters. The lowest BCUT2D eigenvalue weighted by molar-refractivity contribution is 0.640. The smallest absolute Gasteiger partial charge is 0.134 e. The van der Waals surface area contributed by atoms with E-state index in [0.29, 0.717) is 11.1 Å². The third kappa shape index (κ3) is 1.23. The summed E-state index contributed by atoms with van der Waals surface area (Å²) in [4.78, 5) is 2.88. The molecule has 4 heteroatoms. The zero-order valence-electron chi connectivity index (χ0n) is 6.17. The number of halogens is 2. The zero-order valence-corrected chi connectivity index (χ0v) is 6.99. The summed E-state index contributed by atoms with van der Waals surface area (Å²) in [6.07, 6.45) is 1.69. The quantitative estimate of drug-likeness (QED) is 0.610. The normalized spacial score (nSPS) is 9.75. The molecule has 0 fully saturated rings. The molecule has 1 aromatic carbocycles. The highest BCUT2D eigenvalue weighted by Crippen LogP contribution is 2.19. The fourth-order valence-electron chi connectivity index (χ4n) is 1.14. The summed E-state index contributed by atoms with van der Waals surface area (Å²) in [5, 5.41) is 0.583. The maximum Gasteiger partial charge on any atom is 0.134 e. The first kappa shape index (κ1) is 8.87. The third-order valence-corrected chi connectivity index (χ3v) is 1.64. The Bertz CT molecular complexity index is 397. The Labute approximate surface area is 75.0 Å². The number of aromatic nitrogens is 1. The zero-order chi connectivity index (χ0) is 7.84. The monoisotopic (exact) mass is 186 g/mol. The predicted octanol–water partition coefficient (Wildman–Crippen LogP) is 2.31. The number of hydrogen-bond acceptors (Lipinski definition) is 1. The number of rotatable bonds is 0. The number of aromatic amines is 1. The van der Waals surface area contributed by atoms with Crippen LogP contribution in [0.3, 0.4) is 0 Å². The van der Waals surface area contributed by atoms with Crippen molar-refractivity contribution < 1.29 is 4.39 Å². The molecule has 0 saturated carbocycles. The molecule has 3 N–H and O–H groups in total. The van der Waals surface area contributed by atoms with E-state index >= 15 is 0 Å². The van der Waals surface area contributed by atoms with Crippen molar-refractivity contribution in [3.05, 3.63) is 30.2 Å². The Kier molecular flexibility index (Phi) is 2.24. The first-order valence-electron chi connectivity index (χ1n) is 3.29. The van der Waals surface area contributed by atoms with Crippen molar-refractivity contribution in [1.29, 1.82) is 0 Å². The molecule has 2 aromatic rings. The molecule has 0 bridgehead atoms. The van der Waals surface area contributed by atoms with Crippen LogP contribution in [0.25, 0.3) is 10.9 Å². The lowest BCUT2D eigenvalue weighted by Crippen LogP contribution is -1.86. The van der Waals surface area contributed by atoms with Crippen LogP contribution in [0.5, 0.6) is 0 Å². The number of benzene rings is 1. The van der Waals surface area contributed by atoms with E-state index < -0.39 is 0 Å². The minimum Gasteiger partial charge on any atom is -0.399 e. The molecule has 0 aliphatic rings. The van der Waals surface area contributed by atoms with E-state index in [1.807, 2.05) is 0 Å². The van der Waals surface area contributed by atoms with Crippen molar-refractivity contribution in [3.8, 4) is 0 Å². The van der Waals surface area contributed by atoms with Gasteiger partial charge in [-0.1, -0.05) is 0 Å². The van der Waals surface area contributed by atoms with Crippen LogP contribution in [0, 0.1) is 5.82 Å². The Hall–Kier alpha value is -1.22. The van der Waals surface area contributed by atoms with E-state index in [9.17, 15) is 4.39 Å². The molecule has 0 amide bonds. The van der Waals surface area contributed by atoms with Crippen LogP contribution in [0.1, 0.15) is 0 Å². The van der Waals surface area contributed by atoms with E-state index in [4.69, 9.17) is 5.73 Å². The highest BCUT2D eigenvalue weighted by molar-refractivity contribution is 5.85. The first-order chi connectivity index (χ1) is 5.27. The molecular formula is C8H8ClFN2. The second kappa shape index (κ2) is 3.03. The SMILES string of the molecule is Cl.Nc1cc(F)c2cc[nH]c2c1. The standard InChI is InChI=1S/C8H7FN2.ClH/c9-7-3-5(10)4-8-6(7)1-2-11-8;/h1-4,11H,10H2;1H. The van der Waals surface area contributed by atoms with Crippen molar-refractivity contribution in [2.75, 3.05) is 5.73 Å². The molecule has 0 aliphatic carbocycles. The largest absolute Gasteiger partial charge is 0.399 e. The number of nitrogen functional groups attached to an aromatic ring is 1. The average Bonchev–Trinajstić information content (AvgIpc) is 2.34. The highest BCUT2D eigenvalue weighted by atomic mass is 35.5. The van der Waals surface area contributed by atoms with Gasteiger partial charge in [0.25, 0.3) is 0 Å². The van der Waals surface area contributed by atoms with Crippen molar-refractivity contribution in [2.45, 2.75) is 0 Å². The van der Waals surface area contributed by atoms with Crippen molar-refractivity contribution >= 4 is 29.0 Å². The van der Waals surface area contributed by atoms with Gasteiger partial charge in [-0.3, -0.25) is 0 Å². The molecule has 0 atom stereocenters. The van der Waals surface area contributed by atoms with Gasteiger partial charge in [-0.15, -0.1) is 12.4 Å². The minimum absolute atomic E-state index is 0. The van der Waals surface area contributed by atoms with Gasteiger partial charge in [-0.05, 0) is 18.2 Å². The van der Waals surface area contributed by atoms with Gasteiger partial charge < -0.3 is 10.7 Å². The van der Waals surface area contributed by atoms with Crippen LogP contribution in [-0.2, 0) is 0 Å². The van der Waals surface area contributed by atoms with Gasteiger partial charge in [0, 0.05) is 17.3 Å². The van der Waals surface area contributed by atoms with Gasteiger partial charge in [0.05, 0.1) is 5.52 Å². The van der Waals surface area contributed by atoms with Gasteiger partial charge in [-0.2, -0.15) is 0 Å². The number of fused-ring (bicyclic) bond motifs is 1. The number of anilines is 1. The molecule has 0 saturated heterocycles. The fraction of sp³-hybridized carbons (Fsp3) is 0. The Morgan fingerprint density at radius 1 is 1.33 bits per heavy atom. The predicted molar refractivity (Wildman–Crippen MR) is 49.9 cm³/mol. The fourth-order valence-corrected chi connectivity index (χ4v) is 1.14. The second-order valence-electron chi connectivity index (χ2n) is 2.44. The molecule has 0 spiro atoms. The van der Waals surface area contributed by atoms with Gasteiger partial charge in [0.15, 0.2) is 0 Å². The molecule has 0 radical (unpaired) electrons. The number of hydrogen-bond donors (Lipinski definition) is 2. The van der Waals surface area contributed by atoms with Crippen LogP contribution in [0.2, 0.25) is 0 Å². The van der Waals surface area contributed by atoms with Gasteiger partial charge >= 0.3 is 0 Å². The van der Waals surface area contributed by atoms with Crippen LogP contribution in [-0.4, -0.2) is 4.98 Å². The van der Waals surface area contributed by atoms with E-state index in [0.717, 1.165) is 5.52 Å². The second-order valence-corrected chi connectivity index (χ2v) is 2.44. The molecule has 1 heterocycles. The van der Waals surface area contributed by atoms with Crippen molar-refractivity contribution in [2.24, 2.45) is 0 Å². The molecular weight excluding hydrogens is 179 g/mol. The minimum atomic E-state index is -0.277. The summed E-state index contributed by atoms with van der Waals surface area (Å²) < 4.78 is 13.0. The Balaban J connectivity index is 0.000000720. The van der Waals surface area contributed by atoms with Crippen molar-refractivity contribution in [3.63, 3.8) is 0 Å². The summed E-state index contributed by atoms with van der Waals surface area (Å²) in [7, 11) is 0. The molecule has 64 valence electrons. The van der Waals surface area contributed by atoms with Crippen molar-refractivity contribution in [1.82, 2.24) is 4.98 Å². The molecule has 2 nitrogen and oxygen atoms in total. The topological polar surface area (TPSA) is 41.8 Å². The number of nitrogens with two attached hydrogens (primary N) is 1. The third-order valence-electron chi connectivity index (χ3n) is 1.64. The van der Waals surface area contributed by atoms with Crippen LogP contribution < -0.4 is 5.73 Å². The van der Waals surface area contributed by atoms with Gasteiger partial charge in [-0.25, -0.2) is 4.39 Å². The van der Waals surface area contributed by atoms with E-state index in [1.54, 1.807) is 18.3 Å². The maximum absolute atomic E-state index is 13.0. The van der Waals surface area contributed by atoms with E-state index in [1.165, 1.54) is 6.07 Å². The van der Waals surface area contributed by atoms with Gasteiger partial charge in [0.1, 0.15) is 5.82 Å². The number of H-pyrrole nitrogens is 1. The molecule has 1 aromatic heterocycles. The summed E-state index contributed by atoms with van der Waals surface area (Å²) in [6.45, 7) is 0. The maximum atomic E-state index is 13.0. The van der Waals surface area contributed by atoms with E-state index in [2.05, 4.69) is 4.98 Å². The molecule has 0 aliphatic heterocycles.